The average Bonchev–Trinajstić information content (AvgIpc) is 3.24. The van der Waals surface area contributed by atoms with Crippen molar-refractivity contribution in [1.29, 1.82) is 0 Å². The molecular weight excluding hydrogens is 340 g/mol. The van der Waals surface area contributed by atoms with Gasteiger partial charge in [-0.3, -0.25) is 4.79 Å². The highest BCUT2D eigenvalue weighted by Crippen LogP contribution is 2.23. The van der Waals surface area contributed by atoms with Crippen molar-refractivity contribution in [3.05, 3.63) is 58.8 Å². The Morgan fingerprint density at radius 2 is 1.93 bits per heavy atom. The van der Waals surface area contributed by atoms with E-state index in [0.717, 1.165) is 47.0 Å². The van der Waals surface area contributed by atoms with Crippen LogP contribution in [-0.4, -0.2) is 37.4 Å². The van der Waals surface area contributed by atoms with Gasteiger partial charge in [0.05, 0.1) is 11.9 Å². The Kier molecular flexibility index (Phi) is 4.43. The van der Waals surface area contributed by atoms with Crippen LogP contribution in [0.1, 0.15) is 33.1 Å². The largest absolute Gasteiger partial charge is 0.352 e. The van der Waals surface area contributed by atoms with E-state index in [9.17, 15) is 4.79 Å². The lowest BCUT2D eigenvalue weighted by atomic mass is 10.0. The third-order valence-electron chi connectivity index (χ3n) is 5.25. The van der Waals surface area contributed by atoms with Gasteiger partial charge in [0.25, 0.3) is 5.91 Å². The second kappa shape index (κ2) is 6.90. The Morgan fingerprint density at radius 1 is 1.15 bits per heavy atom. The highest BCUT2D eigenvalue weighted by molar-refractivity contribution is 5.94. The fourth-order valence-electron chi connectivity index (χ4n) is 3.46. The maximum atomic E-state index is 12.5. The fraction of sp³-hybridized carbons (Fsp3) is 0.350. The lowest BCUT2D eigenvalue weighted by Gasteiger charge is -2.11. The predicted octanol–water partition coefficient (Wildman–Crippen LogP) is 2.26. The van der Waals surface area contributed by atoms with Gasteiger partial charge >= 0.3 is 0 Å². The number of aromatic nitrogens is 5. The summed E-state index contributed by atoms with van der Waals surface area (Å²) in [7, 11) is 0. The minimum absolute atomic E-state index is 0.0621. The number of hydrogen-bond acceptors (Lipinski definition) is 5. The van der Waals surface area contributed by atoms with Crippen molar-refractivity contribution in [2.24, 2.45) is 5.92 Å². The van der Waals surface area contributed by atoms with Crippen molar-refractivity contribution in [3.63, 3.8) is 0 Å². The molecule has 1 aromatic carbocycles. The summed E-state index contributed by atoms with van der Waals surface area (Å²) in [6.45, 7) is 7.50. The van der Waals surface area contributed by atoms with Crippen LogP contribution in [0.3, 0.4) is 0 Å². The molecule has 3 heterocycles. The number of carbonyl (C=O) groups is 1. The molecule has 1 atom stereocenters. The molecular formula is C20H22N6O. The van der Waals surface area contributed by atoms with E-state index in [-0.39, 0.29) is 5.91 Å². The van der Waals surface area contributed by atoms with Crippen LogP contribution in [0, 0.1) is 26.7 Å². The molecule has 7 nitrogen and oxygen atoms in total. The molecule has 0 saturated heterocycles. The van der Waals surface area contributed by atoms with Crippen molar-refractivity contribution in [3.8, 4) is 11.3 Å². The zero-order valence-electron chi connectivity index (χ0n) is 15.7. The van der Waals surface area contributed by atoms with E-state index in [2.05, 4.69) is 30.3 Å². The molecule has 1 aliphatic rings. The van der Waals surface area contributed by atoms with Crippen molar-refractivity contribution < 1.29 is 4.79 Å². The van der Waals surface area contributed by atoms with E-state index in [4.69, 9.17) is 0 Å². The number of carbonyl (C=O) groups excluding carboxylic acids is 1. The van der Waals surface area contributed by atoms with Gasteiger partial charge in [-0.2, -0.15) is 10.2 Å². The van der Waals surface area contributed by atoms with Gasteiger partial charge in [0, 0.05) is 36.6 Å². The number of amides is 1. The van der Waals surface area contributed by atoms with E-state index in [1.807, 2.05) is 45.0 Å². The van der Waals surface area contributed by atoms with Crippen LogP contribution in [0.5, 0.6) is 0 Å². The van der Waals surface area contributed by atoms with Gasteiger partial charge in [0.15, 0.2) is 0 Å². The summed E-state index contributed by atoms with van der Waals surface area (Å²) < 4.78 is 2.12. The van der Waals surface area contributed by atoms with Gasteiger partial charge < -0.3 is 9.88 Å². The van der Waals surface area contributed by atoms with Crippen molar-refractivity contribution in [2.75, 3.05) is 6.54 Å². The molecule has 0 fully saturated rings. The molecule has 7 heteroatoms. The molecule has 0 aliphatic carbocycles. The number of aryl methyl sites for hydroxylation is 2. The summed E-state index contributed by atoms with van der Waals surface area (Å²) in [5.74, 6) is 2.24. The zero-order valence-corrected chi connectivity index (χ0v) is 15.7. The van der Waals surface area contributed by atoms with Gasteiger partial charge in [0.1, 0.15) is 11.6 Å². The third kappa shape index (κ3) is 3.32. The Bertz CT molecular complexity index is 992. The van der Waals surface area contributed by atoms with Gasteiger partial charge in [-0.15, -0.1) is 10.2 Å². The summed E-state index contributed by atoms with van der Waals surface area (Å²) in [5.41, 5.74) is 4.66. The number of nitrogens with one attached hydrogen (secondary N) is 1. The van der Waals surface area contributed by atoms with E-state index >= 15 is 0 Å². The summed E-state index contributed by atoms with van der Waals surface area (Å²) in [6.07, 6.45) is 2.61. The number of hydrogen-bond donors (Lipinski definition) is 1. The zero-order chi connectivity index (χ0) is 19.0. The second-order valence-corrected chi connectivity index (χ2v) is 7.13. The quantitative estimate of drug-likeness (QED) is 0.769. The van der Waals surface area contributed by atoms with Crippen LogP contribution < -0.4 is 5.32 Å². The third-order valence-corrected chi connectivity index (χ3v) is 5.25. The highest BCUT2D eigenvalue weighted by atomic mass is 16.1. The van der Waals surface area contributed by atoms with Crippen molar-refractivity contribution in [2.45, 2.75) is 33.7 Å². The van der Waals surface area contributed by atoms with E-state index < -0.39 is 0 Å². The van der Waals surface area contributed by atoms with E-state index in [1.54, 1.807) is 6.20 Å². The number of benzene rings is 1. The summed E-state index contributed by atoms with van der Waals surface area (Å²) in [4.78, 5) is 12.5. The molecule has 138 valence electrons. The summed E-state index contributed by atoms with van der Waals surface area (Å²) in [6, 6.07) is 7.51. The monoisotopic (exact) mass is 362 g/mol. The van der Waals surface area contributed by atoms with Crippen LogP contribution in [0.25, 0.3) is 11.3 Å². The fourth-order valence-corrected chi connectivity index (χ4v) is 3.46. The first-order valence-corrected chi connectivity index (χ1v) is 9.09. The van der Waals surface area contributed by atoms with Gasteiger partial charge in [-0.25, -0.2) is 0 Å². The Morgan fingerprint density at radius 3 is 2.67 bits per heavy atom. The maximum Gasteiger partial charge on any atom is 0.251 e. The molecule has 27 heavy (non-hydrogen) atoms. The molecule has 2 aromatic heterocycles. The smallest absolute Gasteiger partial charge is 0.251 e. The first-order valence-electron chi connectivity index (χ1n) is 9.09. The van der Waals surface area contributed by atoms with Crippen LogP contribution in [0.4, 0.5) is 0 Å². The van der Waals surface area contributed by atoms with Crippen LogP contribution >= 0.6 is 0 Å². The molecule has 1 unspecified atom stereocenters. The van der Waals surface area contributed by atoms with Gasteiger partial charge in [-0.05, 0) is 44.0 Å². The van der Waals surface area contributed by atoms with Crippen LogP contribution in [0.2, 0.25) is 0 Å². The van der Waals surface area contributed by atoms with Crippen molar-refractivity contribution >= 4 is 5.91 Å². The van der Waals surface area contributed by atoms with Gasteiger partial charge in [0.2, 0.25) is 0 Å². The highest BCUT2D eigenvalue weighted by Gasteiger charge is 2.25. The van der Waals surface area contributed by atoms with Crippen LogP contribution in [-0.2, 0) is 13.0 Å². The molecule has 1 aliphatic heterocycles. The molecule has 1 amide bonds. The first-order chi connectivity index (χ1) is 13.0. The average molecular weight is 362 g/mol. The topological polar surface area (TPSA) is 85.6 Å². The number of rotatable bonds is 4. The molecule has 0 spiro atoms. The number of fused-ring (bicyclic) bond motifs is 1. The van der Waals surface area contributed by atoms with E-state index in [0.29, 0.717) is 18.0 Å². The normalized spacial score (nSPS) is 15.6. The second-order valence-electron chi connectivity index (χ2n) is 7.13. The van der Waals surface area contributed by atoms with Crippen LogP contribution in [0.15, 0.2) is 30.5 Å². The van der Waals surface area contributed by atoms with Gasteiger partial charge in [-0.1, -0.05) is 12.1 Å². The Balaban J connectivity index is 1.39. The summed E-state index contributed by atoms with van der Waals surface area (Å²) >= 11 is 0. The summed E-state index contributed by atoms with van der Waals surface area (Å²) in [5, 5.41) is 19.5. The lowest BCUT2D eigenvalue weighted by Crippen LogP contribution is -2.30. The lowest BCUT2D eigenvalue weighted by molar-refractivity contribution is 0.0947. The Hall–Kier alpha value is -3.09. The van der Waals surface area contributed by atoms with Crippen molar-refractivity contribution in [1.82, 2.24) is 30.3 Å². The molecule has 0 radical (unpaired) electrons. The number of nitrogens with zero attached hydrogens (tertiary/aromatic N) is 5. The SMILES string of the molecule is Cc1cnnc(-c2ccc(C(=O)NCC3Cc4nnc(C)n4C3)cc2)c1C. The molecule has 0 bridgehead atoms. The minimum Gasteiger partial charge on any atom is -0.352 e. The van der Waals surface area contributed by atoms with E-state index in [1.165, 1.54) is 0 Å². The molecule has 4 rings (SSSR count). The Labute approximate surface area is 157 Å². The molecule has 1 N–H and O–H groups in total. The first kappa shape index (κ1) is 17.3. The molecule has 3 aromatic rings. The predicted molar refractivity (Wildman–Crippen MR) is 101 cm³/mol. The molecule has 0 saturated carbocycles. The standard InChI is InChI=1S/C20H22N6O/c1-12-9-22-25-19(13(12)2)16-4-6-17(7-5-16)20(27)21-10-15-8-18-24-23-14(3)26(18)11-15/h4-7,9,15H,8,10-11H2,1-3H3,(H,21,27). The minimum atomic E-state index is -0.0621. The maximum absolute atomic E-state index is 12.5.